The van der Waals surface area contributed by atoms with E-state index < -0.39 is 17.1 Å². The van der Waals surface area contributed by atoms with Gasteiger partial charge in [0.25, 0.3) is 5.91 Å². The minimum Gasteiger partial charge on any atom is -0.489 e. The van der Waals surface area contributed by atoms with Gasteiger partial charge in [-0.05, 0) is 90.5 Å². The predicted octanol–water partition coefficient (Wildman–Crippen LogP) is 6.22. The number of hydrogen-bond acceptors (Lipinski definition) is 5. The van der Waals surface area contributed by atoms with Crippen molar-refractivity contribution in [2.75, 3.05) is 13.2 Å². The fraction of sp³-hybridized carbons (Fsp3) is 0.290. The molecule has 10 heteroatoms. The van der Waals surface area contributed by atoms with E-state index in [1.165, 1.54) is 0 Å². The van der Waals surface area contributed by atoms with Crippen LogP contribution in [0.2, 0.25) is 5.02 Å². The summed E-state index contributed by atoms with van der Waals surface area (Å²) in [5.41, 5.74) is 8.53. The van der Waals surface area contributed by atoms with Crippen LogP contribution in [-0.4, -0.2) is 34.9 Å². The number of aromatic nitrogens is 2. The van der Waals surface area contributed by atoms with Gasteiger partial charge in [0.05, 0.1) is 15.0 Å². The molecule has 7 nitrogen and oxygen atoms in total. The van der Waals surface area contributed by atoms with Crippen LogP contribution in [0.3, 0.4) is 0 Å². The number of nitrogens with two attached hydrogens (primary N) is 1. The maximum atomic E-state index is 15.3. The number of nitrogens with zero attached hydrogens (tertiary/aromatic N) is 2. The summed E-state index contributed by atoms with van der Waals surface area (Å²) in [4.78, 5) is 35.2. The molecule has 1 aliphatic heterocycles. The summed E-state index contributed by atoms with van der Waals surface area (Å²) in [6, 6.07) is 12.1. The lowest BCUT2D eigenvalue weighted by molar-refractivity contribution is -0.123. The first-order valence-electron chi connectivity index (χ1n) is 13.3. The molecule has 0 unspecified atom stereocenters. The average molecular weight is 638 g/mol. The van der Waals surface area contributed by atoms with Gasteiger partial charge in [0, 0.05) is 46.4 Å². The molecule has 1 saturated carbocycles. The van der Waals surface area contributed by atoms with Gasteiger partial charge in [0.1, 0.15) is 29.3 Å². The van der Waals surface area contributed by atoms with E-state index in [0.29, 0.717) is 45.3 Å². The Morgan fingerprint density at radius 1 is 1.27 bits per heavy atom. The van der Waals surface area contributed by atoms with Gasteiger partial charge in [0.15, 0.2) is 0 Å². The number of primary amides is 1. The minimum absolute atomic E-state index is 0.0350. The van der Waals surface area contributed by atoms with Crippen molar-refractivity contribution < 1.29 is 18.7 Å². The van der Waals surface area contributed by atoms with Crippen molar-refractivity contribution in [1.29, 1.82) is 0 Å². The molecule has 4 aromatic rings. The van der Waals surface area contributed by atoms with Crippen LogP contribution in [0.1, 0.15) is 52.9 Å². The lowest BCUT2D eigenvalue weighted by Gasteiger charge is -2.22. The van der Waals surface area contributed by atoms with Gasteiger partial charge in [-0.25, -0.2) is 9.37 Å². The second-order valence-corrected chi connectivity index (χ2v) is 12.3. The topological polar surface area (TPSA) is 107 Å². The third-order valence-electron chi connectivity index (χ3n) is 8.03. The normalized spacial score (nSPS) is 18.6. The largest absolute Gasteiger partial charge is 0.489 e. The van der Waals surface area contributed by atoms with Crippen molar-refractivity contribution in [1.82, 2.24) is 15.3 Å². The van der Waals surface area contributed by atoms with Crippen molar-refractivity contribution in [3.05, 3.63) is 86.4 Å². The molecule has 0 saturated heterocycles. The first-order valence-corrected chi connectivity index (χ1v) is 14.5. The summed E-state index contributed by atoms with van der Waals surface area (Å²) >= 11 is 9.71. The van der Waals surface area contributed by atoms with E-state index in [2.05, 4.69) is 26.2 Å². The van der Waals surface area contributed by atoms with Crippen LogP contribution < -0.4 is 15.8 Å². The number of benzene rings is 2. The molecule has 3 N–H and O–H groups in total. The smallest absolute Gasteiger partial charge is 0.251 e. The number of nitrogens with one attached hydrogen (secondary N) is 1. The number of carbonyl (C=O) groups is 2. The Morgan fingerprint density at radius 3 is 2.78 bits per heavy atom. The fourth-order valence-electron chi connectivity index (χ4n) is 5.43. The molecule has 2 amide bonds. The third kappa shape index (κ3) is 4.95. The molecule has 2 aromatic carbocycles. The zero-order chi connectivity index (χ0) is 29.1. The van der Waals surface area contributed by atoms with Crippen LogP contribution in [0.5, 0.6) is 5.75 Å². The van der Waals surface area contributed by atoms with Gasteiger partial charge >= 0.3 is 0 Å². The van der Waals surface area contributed by atoms with Gasteiger partial charge in [-0.2, -0.15) is 0 Å². The van der Waals surface area contributed by atoms with E-state index in [0.717, 1.165) is 23.8 Å². The Balaban J connectivity index is 1.38. The molecule has 1 fully saturated rings. The Kier molecular flexibility index (Phi) is 6.98. The van der Waals surface area contributed by atoms with Crippen molar-refractivity contribution in [2.45, 2.75) is 38.0 Å². The second-order valence-electron chi connectivity index (χ2n) is 11.1. The minimum atomic E-state index is -1.10. The maximum absolute atomic E-state index is 15.3. The van der Waals surface area contributed by atoms with Crippen molar-refractivity contribution in [3.8, 4) is 17.0 Å². The second kappa shape index (κ2) is 10.4. The summed E-state index contributed by atoms with van der Waals surface area (Å²) in [5.74, 6) is -0.842. The van der Waals surface area contributed by atoms with E-state index in [1.54, 1.807) is 43.5 Å². The number of carbonyl (C=O) groups excluding carboxylic acids is 2. The van der Waals surface area contributed by atoms with Crippen LogP contribution in [0.25, 0.3) is 22.2 Å². The molecule has 0 radical (unpaired) electrons. The number of amides is 2. The highest BCUT2D eigenvalue weighted by molar-refractivity contribution is 9.10. The van der Waals surface area contributed by atoms with E-state index in [-0.39, 0.29) is 34.4 Å². The highest BCUT2D eigenvalue weighted by Gasteiger charge is 2.45. The monoisotopic (exact) mass is 636 g/mol. The summed E-state index contributed by atoms with van der Waals surface area (Å²) in [7, 11) is 0. The van der Waals surface area contributed by atoms with E-state index in [1.807, 2.05) is 19.1 Å². The van der Waals surface area contributed by atoms with Crippen molar-refractivity contribution in [2.24, 2.45) is 11.7 Å². The number of aryl methyl sites for hydroxylation is 1. The van der Waals surface area contributed by atoms with Gasteiger partial charge < -0.3 is 15.8 Å². The Labute approximate surface area is 249 Å². The number of ether oxygens (including phenoxy) is 1. The van der Waals surface area contributed by atoms with Crippen molar-refractivity contribution in [3.63, 3.8) is 0 Å². The first-order chi connectivity index (χ1) is 19.6. The lowest BCUT2D eigenvalue weighted by atomic mass is 9.82. The predicted molar refractivity (Wildman–Crippen MR) is 159 cm³/mol. The molecule has 210 valence electrons. The van der Waals surface area contributed by atoms with Gasteiger partial charge in [0.2, 0.25) is 5.91 Å². The Morgan fingerprint density at radius 2 is 2.05 bits per heavy atom. The SMILES string of the molecule is Cc1cnc2c(Cl)cc(C(=O)NC[C@H](c3cc4c(c(-c5cccc(Br)c5F)n3)OC[C@]4(C)C(N)=O)C3CC3)cc2c1. The average Bonchev–Trinajstić information content (AvgIpc) is 3.72. The molecule has 2 aliphatic rings. The van der Waals surface area contributed by atoms with E-state index >= 15 is 4.39 Å². The summed E-state index contributed by atoms with van der Waals surface area (Å²) in [6.45, 7) is 3.98. The standard InChI is InChI=1S/C31H27BrClFN4O3/c1-15-8-17-9-18(10-23(33)26(17)36-12-15)29(39)37-13-20(16-6-7-16)24-11-21-28(41-14-31(21,2)30(35)40)27(38-24)19-4-3-5-22(32)25(19)34/h3-5,8-12,16,20H,6-7,13-14H2,1-2H3,(H2,35,40)(H,37,39)/t20-,31-/m0/s1. The lowest BCUT2D eigenvalue weighted by Crippen LogP contribution is -2.40. The summed E-state index contributed by atoms with van der Waals surface area (Å²) < 4.78 is 21.5. The quantitative estimate of drug-likeness (QED) is 0.250. The number of halogens is 3. The fourth-order valence-corrected chi connectivity index (χ4v) is 6.07. The number of fused-ring (bicyclic) bond motifs is 2. The molecule has 2 atom stereocenters. The van der Waals surface area contributed by atoms with Crippen LogP contribution in [0.15, 0.2) is 53.1 Å². The van der Waals surface area contributed by atoms with Gasteiger partial charge in [-0.15, -0.1) is 0 Å². The van der Waals surface area contributed by atoms with E-state index in [9.17, 15) is 9.59 Å². The zero-order valence-corrected chi connectivity index (χ0v) is 24.8. The highest BCUT2D eigenvalue weighted by Crippen LogP contribution is 2.49. The van der Waals surface area contributed by atoms with Crippen molar-refractivity contribution >= 4 is 50.2 Å². The highest BCUT2D eigenvalue weighted by atomic mass is 79.9. The molecular weight excluding hydrogens is 611 g/mol. The van der Waals surface area contributed by atoms with Crippen LogP contribution in [-0.2, 0) is 10.2 Å². The zero-order valence-electron chi connectivity index (χ0n) is 22.4. The molecule has 6 rings (SSSR count). The number of rotatable bonds is 7. The number of hydrogen-bond donors (Lipinski definition) is 2. The molecule has 2 aromatic heterocycles. The Hall–Kier alpha value is -3.56. The van der Waals surface area contributed by atoms with Crippen LogP contribution in [0.4, 0.5) is 4.39 Å². The number of pyridine rings is 2. The summed E-state index contributed by atoms with van der Waals surface area (Å²) in [5, 5.41) is 4.24. The molecule has 0 spiro atoms. The molecule has 1 aliphatic carbocycles. The van der Waals surface area contributed by atoms with Crippen LogP contribution in [0, 0.1) is 18.7 Å². The molecule has 3 heterocycles. The maximum Gasteiger partial charge on any atom is 0.251 e. The van der Waals surface area contributed by atoms with E-state index in [4.69, 9.17) is 27.1 Å². The Bertz CT molecular complexity index is 1740. The van der Waals surface area contributed by atoms with Gasteiger partial charge in [-0.3, -0.25) is 14.6 Å². The molecule has 41 heavy (non-hydrogen) atoms. The van der Waals surface area contributed by atoms with Crippen LogP contribution >= 0.6 is 27.5 Å². The summed E-state index contributed by atoms with van der Waals surface area (Å²) in [6.07, 6.45) is 3.67. The first kappa shape index (κ1) is 27.6. The third-order valence-corrected chi connectivity index (χ3v) is 8.93. The van der Waals surface area contributed by atoms with Gasteiger partial charge in [-0.1, -0.05) is 17.7 Å². The molecular formula is C31H27BrClFN4O3. The molecule has 0 bridgehead atoms.